The molecule has 0 amide bonds. The Morgan fingerprint density at radius 3 is 2.88 bits per heavy atom. The molecule has 1 fully saturated rings. The van der Waals surface area contributed by atoms with Crippen molar-refractivity contribution in [2.45, 2.75) is 44.1 Å². The van der Waals surface area contributed by atoms with Crippen LogP contribution >= 0.6 is 0 Å². The van der Waals surface area contributed by atoms with Crippen molar-refractivity contribution in [2.75, 3.05) is 6.79 Å². The standard InChI is InChI=1S/C14H19NO2/c1-2-10(8-14(15)6-7-14)11-4-3-5-12-13(11)17-9-16-12/h3-5,10H,2,6-9,15H2,1H3. The first kappa shape index (κ1) is 10.9. The van der Waals surface area contributed by atoms with E-state index in [2.05, 4.69) is 13.0 Å². The van der Waals surface area contributed by atoms with E-state index in [9.17, 15) is 0 Å². The van der Waals surface area contributed by atoms with Gasteiger partial charge in [0.15, 0.2) is 11.5 Å². The molecule has 17 heavy (non-hydrogen) atoms. The van der Waals surface area contributed by atoms with Crippen LogP contribution in [0.3, 0.4) is 0 Å². The summed E-state index contributed by atoms with van der Waals surface area (Å²) in [6, 6.07) is 6.16. The molecule has 0 radical (unpaired) electrons. The largest absolute Gasteiger partial charge is 0.454 e. The van der Waals surface area contributed by atoms with E-state index in [1.807, 2.05) is 12.1 Å². The van der Waals surface area contributed by atoms with Gasteiger partial charge in [-0.3, -0.25) is 0 Å². The van der Waals surface area contributed by atoms with Crippen LogP contribution in [0, 0.1) is 0 Å². The first-order valence-corrected chi connectivity index (χ1v) is 6.39. The predicted octanol–water partition coefficient (Wildman–Crippen LogP) is 2.79. The second-order valence-electron chi connectivity index (χ2n) is 5.25. The number of hydrogen-bond donors (Lipinski definition) is 1. The van der Waals surface area contributed by atoms with Gasteiger partial charge in [-0.15, -0.1) is 0 Å². The molecule has 1 aliphatic carbocycles. The van der Waals surface area contributed by atoms with Crippen molar-refractivity contribution in [3.63, 3.8) is 0 Å². The maximum atomic E-state index is 6.23. The van der Waals surface area contributed by atoms with Gasteiger partial charge in [-0.05, 0) is 37.7 Å². The number of nitrogens with two attached hydrogens (primary N) is 1. The molecule has 1 aromatic rings. The lowest BCUT2D eigenvalue weighted by Crippen LogP contribution is -2.24. The molecule has 1 aromatic carbocycles. The van der Waals surface area contributed by atoms with Crippen LogP contribution in [0.25, 0.3) is 0 Å². The Kier molecular flexibility index (Phi) is 2.51. The minimum Gasteiger partial charge on any atom is -0.454 e. The summed E-state index contributed by atoms with van der Waals surface area (Å²) in [5.41, 5.74) is 7.58. The number of benzene rings is 1. The average Bonchev–Trinajstić information content (AvgIpc) is 2.89. The number of fused-ring (bicyclic) bond motifs is 1. The molecule has 3 heteroatoms. The quantitative estimate of drug-likeness (QED) is 0.869. The zero-order valence-electron chi connectivity index (χ0n) is 10.2. The van der Waals surface area contributed by atoms with Crippen molar-refractivity contribution in [1.29, 1.82) is 0 Å². The van der Waals surface area contributed by atoms with Crippen LogP contribution in [0.1, 0.15) is 44.1 Å². The van der Waals surface area contributed by atoms with Gasteiger partial charge in [0.1, 0.15) is 0 Å². The molecule has 3 nitrogen and oxygen atoms in total. The third-order valence-electron chi connectivity index (χ3n) is 3.90. The minimum atomic E-state index is 0.0862. The molecular weight excluding hydrogens is 214 g/mol. The fourth-order valence-electron chi connectivity index (χ4n) is 2.60. The van der Waals surface area contributed by atoms with E-state index in [0.29, 0.717) is 12.7 Å². The fraction of sp³-hybridized carbons (Fsp3) is 0.571. The lowest BCUT2D eigenvalue weighted by molar-refractivity contribution is 0.172. The van der Waals surface area contributed by atoms with Gasteiger partial charge in [-0.1, -0.05) is 19.1 Å². The van der Waals surface area contributed by atoms with Gasteiger partial charge < -0.3 is 15.2 Å². The second kappa shape index (κ2) is 3.91. The number of ether oxygens (including phenoxy) is 2. The lowest BCUT2D eigenvalue weighted by Gasteiger charge is -2.20. The Morgan fingerprint density at radius 2 is 2.18 bits per heavy atom. The summed E-state index contributed by atoms with van der Waals surface area (Å²) in [7, 11) is 0. The average molecular weight is 233 g/mol. The summed E-state index contributed by atoms with van der Waals surface area (Å²) in [6.07, 6.45) is 4.48. The first-order valence-electron chi connectivity index (χ1n) is 6.39. The fourth-order valence-corrected chi connectivity index (χ4v) is 2.60. The van der Waals surface area contributed by atoms with Crippen molar-refractivity contribution >= 4 is 0 Å². The van der Waals surface area contributed by atoms with Gasteiger partial charge >= 0.3 is 0 Å². The maximum Gasteiger partial charge on any atom is 0.231 e. The third-order valence-corrected chi connectivity index (χ3v) is 3.90. The van der Waals surface area contributed by atoms with E-state index in [0.717, 1.165) is 37.2 Å². The number of para-hydroxylation sites is 1. The van der Waals surface area contributed by atoms with Gasteiger partial charge in [-0.2, -0.15) is 0 Å². The molecule has 1 aliphatic heterocycles. The van der Waals surface area contributed by atoms with Gasteiger partial charge in [0.25, 0.3) is 0 Å². The molecule has 1 heterocycles. The summed E-state index contributed by atoms with van der Waals surface area (Å²) in [6.45, 7) is 2.56. The van der Waals surface area contributed by atoms with Crippen molar-refractivity contribution < 1.29 is 9.47 Å². The zero-order valence-corrected chi connectivity index (χ0v) is 10.2. The number of hydrogen-bond acceptors (Lipinski definition) is 3. The van der Waals surface area contributed by atoms with Crippen LogP contribution in [0.2, 0.25) is 0 Å². The summed E-state index contributed by atoms with van der Waals surface area (Å²) in [5.74, 6) is 2.30. The predicted molar refractivity (Wildman–Crippen MR) is 66.4 cm³/mol. The molecule has 0 bridgehead atoms. The highest BCUT2D eigenvalue weighted by atomic mass is 16.7. The zero-order chi connectivity index (χ0) is 11.9. The molecule has 1 saturated carbocycles. The van der Waals surface area contributed by atoms with Gasteiger partial charge in [0, 0.05) is 11.1 Å². The Labute approximate surface area is 102 Å². The highest BCUT2D eigenvalue weighted by Gasteiger charge is 2.40. The van der Waals surface area contributed by atoms with Crippen LogP contribution in [0.15, 0.2) is 18.2 Å². The Bertz CT molecular complexity index is 426. The Balaban J connectivity index is 1.88. The minimum absolute atomic E-state index is 0.0862. The lowest BCUT2D eigenvalue weighted by atomic mass is 9.88. The Morgan fingerprint density at radius 1 is 1.35 bits per heavy atom. The summed E-state index contributed by atoms with van der Waals surface area (Å²) in [4.78, 5) is 0. The second-order valence-corrected chi connectivity index (χ2v) is 5.25. The van der Waals surface area contributed by atoms with E-state index < -0.39 is 0 Å². The number of rotatable bonds is 4. The molecule has 0 aromatic heterocycles. The molecule has 1 unspecified atom stereocenters. The SMILES string of the molecule is CCC(CC1(N)CC1)c1cccc2c1OCO2. The van der Waals surface area contributed by atoms with Crippen molar-refractivity contribution in [2.24, 2.45) is 5.73 Å². The van der Waals surface area contributed by atoms with Crippen LogP contribution in [0.4, 0.5) is 0 Å². The van der Waals surface area contributed by atoms with Crippen LogP contribution in [-0.2, 0) is 0 Å². The molecule has 92 valence electrons. The molecule has 2 aliphatic rings. The van der Waals surface area contributed by atoms with Crippen LogP contribution in [-0.4, -0.2) is 12.3 Å². The van der Waals surface area contributed by atoms with Gasteiger partial charge in [0.2, 0.25) is 6.79 Å². The highest BCUT2D eigenvalue weighted by Crippen LogP contribution is 2.46. The molecule has 0 saturated heterocycles. The van der Waals surface area contributed by atoms with E-state index in [4.69, 9.17) is 15.2 Å². The molecule has 1 atom stereocenters. The van der Waals surface area contributed by atoms with E-state index >= 15 is 0 Å². The summed E-state index contributed by atoms with van der Waals surface area (Å²) < 4.78 is 11.0. The van der Waals surface area contributed by atoms with Gasteiger partial charge in [-0.25, -0.2) is 0 Å². The molecule has 2 N–H and O–H groups in total. The van der Waals surface area contributed by atoms with E-state index in [1.165, 1.54) is 5.56 Å². The smallest absolute Gasteiger partial charge is 0.231 e. The molecule has 0 spiro atoms. The van der Waals surface area contributed by atoms with Crippen molar-refractivity contribution in [3.05, 3.63) is 23.8 Å². The van der Waals surface area contributed by atoms with Crippen molar-refractivity contribution in [3.8, 4) is 11.5 Å². The van der Waals surface area contributed by atoms with E-state index in [-0.39, 0.29) is 5.54 Å². The topological polar surface area (TPSA) is 44.5 Å². The summed E-state index contributed by atoms with van der Waals surface area (Å²) >= 11 is 0. The van der Waals surface area contributed by atoms with E-state index in [1.54, 1.807) is 0 Å². The van der Waals surface area contributed by atoms with Gasteiger partial charge in [0.05, 0.1) is 0 Å². The summed E-state index contributed by atoms with van der Waals surface area (Å²) in [5, 5.41) is 0. The third kappa shape index (κ3) is 2.00. The first-order chi connectivity index (χ1) is 8.22. The Hall–Kier alpha value is -1.22. The highest BCUT2D eigenvalue weighted by molar-refractivity contribution is 5.49. The molecule has 3 rings (SSSR count). The maximum absolute atomic E-state index is 6.23. The van der Waals surface area contributed by atoms with Crippen molar-refractivity contribution in [1.82, 2.24) is 0 Å². The van der Waals surface area contributed by atoms with Crippen LogP contribution in [0.5, 0.6) is 11.5 Å². The van der Waals surface area contributed by atoms with Crippen LogP contribution < -0.4 is 15.2 Å². The monoisotopic (exact) mass is 233 g/mol. The normalized spacial score (nSPS) is 21.3. The molecular formula is C14H19NO2.